The summed E-state index contributed by atoms with van der Waals surface area (Å²) in [5, 5.41) is 19.3. The number of hydrogen-bond acceptors (Lipinski definition) is 2. The number of aromatic carboxylic acids is 1. The fourth-order valence-electron chi connectivity index (χ4n) is 2.97. The molecule has 0 amide bonds. The van der Waals surface area contributed by atoms with Crippen molar-refractivity contribution >= 4 is 16.9 Å². The number of fused-ring (bicyclic) bond motifs is 1. The van der Waals surface area contributed by atoms with Crippen LogP contribution in [0.3, 0.4) is 0 Å². The first-order valence-corrected chi connectivity index (χ1v) is 6.97. The maximum Gasteiger partial charge on any atom is 0.335 e. The number of aliphatic hydroxyl groups excluding tert-OH is 1. The minimum Gasteiger partial charge on any atom is -0.478 e. The summed E-state index contributed by atoms with van der Waals surface area (Å²) in [4.78, 5) is 11.2. The summed E-state index contributed by atoms with van der Waals surface area (Å²) in [6.45, 7) is 7.01. The fourth-order valence-corrected chi connectivity index (χ4v) is 2.97. The van der Waals surface area contributed by atoms with E-state index in [-0.39, 0.29) is 6.61 Å². The SMILES string of the molecule is CCc1c(C)n(CCCO)c2c(C)cc(C(=O)O)cc12. The molecule has 0 spiro atoms. The number of carboxylic acids is 1. The number of benzene rings is 1. The molecule has 0 radical (unpaired) electrons. The van der Waals surface area contributed by atoms with Gasteiger partial charge in [0.15, 0.2) is 0 Å². The lowest BCUT2D eigenvalue weighted by atomic mass is 10.0. The summed E-state index contributed by atoms with van der Waals surface area (Å²) < 4.78 is 2.20. The van der Waals surface area contributed by atoms with E-state index in [4.69, 9.17) is 5.11 Å². The molecular formula is C16H21NO3. The summed E-state index contributed by atoms with van der Waals surface area (Å²) in [5.74, 6) is -0.891. The molecule has 0 atom stereocenters. The van der Waals surface area contributed by atoms with Gasteiger partial charge < -0.3 is 14.8 Å². The van der Waals surface area contributed by atoms with E-state index in [2.05, 4.69) is 18.4 Å². The molecule has 0 bridgehead atoms. The number of carboxylic acid groups (broad SMARTS) is 1. The molecule has 2 N–H and O–H groups in total. The van der Waals surface area contributed by atoms with Crippen LogP contribution in [0.25, 0.3) is 10.9 Å². The molecule has 1 aromatic heterocycles. The summed E-state index contributed by atoms with van der Waals surface area (Å²) in [6.07, 6.45) is 1.57. The summed E-state index contributed by atoms with van der Waals surface area (Å²) in [5.41, 5.74) is 4.77. The molecule has 0 aliphatic heterocycles. The molecule has 1 heterocycles. The minimum absolute atomic E-state index is 0.160. The highest BCUT2D eigenvalue weighted by Crippen LogP contribution is 2.30. The van der Waals surface area contributed by atoms with Crippen LogP contribution in [0.4, 0.5) is 0 Å². The van der Waals surface area contributed by atoms with E-state index < -0.39 is 5.97 Å². The molecule has 2 aromatic rings. The maximum absolute atomic E-state index is 11.2. The molecule has 2 rings (SSSR count). The third-order valence-electron chi connectivity index (χ3n) is 3.88. The Morgan fingerprint density at radius 2 is 2.00 bits per heavy atom. The van der Waals surface area contributed by atoms with Crippen molar-refractivity contribution in [1.29, 1.82) is 0 Å². The first kappa shape index (κ1) is 14.6. The smallest absolute Gasteiger partial charge is 0.335 e. The van der Waals surface area contributed by atoms with Gasteiger partial charge in [-0.2, -0.15) is 0 Å². The Labute approximate surface area is 118 Å². The number of hydrogen-bond donors (Lipinski definition) is 2. The molecule has 0 saturated heterocycles. The molecule has 0 fully saturated rings. The van der Waals surface area contributed by atoms with Crippen molar-refractivity contribution in [2.75, 3.05) is 6.61 Å². The predicted molar refractivity (Wildman–Crippen MR) is 79.5 cm³/mol. The molecule has 1 aromatic carbocycles. The van der Waals surface area contributed by atoms with Crippen molar-refractivity contribution in [3.63, 3.8) is 0 Å². The Hall–Kier alpha value is -1.81. The van der Waals surface area contributed by atoms with Gasteiger partial charge in [0.05, 0.1) is 11.1 Å². The highest BCUT2D eigenvalue weighted by atomic mass is 16.4. The van der Waals surface area contributed by atoms with Gasteiger partial charge in [0.2, 0.25) is 0 Å². The quantitative estimate of drug-likeness (QED) is 0.882. The topological polar surface area (TPSA) is 62.5 Å². The Balaban J connectivity index is 2.75. The Morgan fingerprint density at radius 3 is 2.55 bits per heavy atom. The van der Waals surface area contributed by atoms with E-state index in [1.54, 1.807) is 12.1 Å². The highest BCUT2D eigenvalue weighted by Gasteiger charge is 2.17. The monoisotopic (exact) mass is 275 g/mol. The van der Waals surface area contributed by atoms with Gasteiger partial charge in [-0.1, -0.05) is 6.92 Å². The second-order valence-electron chi connectivity index (χ2n) is 5.14. The second-order valence-corrected chi connectivity index (χ2v) is 5.14. The van der Waals surface area contributed by atoms with E-state index in [1.807, 2.05) is 6.92 Å². The Kier molecular flexibility index (Phi) is 4.14. The van der Waals surface area contributed by atoms with Crippen LogP contribution in [0, 0.1) is 13.8 Å². The first-order chi connectivity index (χ1) is 9.51. The van der Waals surface area contributed by atoms with Gasteiger partial charge >= 0.3 is 5.97 Å². The van der Waals surface area contributed by atoms with Crippen molar-refractivity contribution in [3.8, 4) is 0 Å². The van der Waals surface area contributed by atoms with Gasteiger partial charge in [0.1, 0.15) is 0 Å². The third-order valence-corrected chi connectivity index (χ3v) is 3.88. The second kappa shape index (κ2) is 5.67. The van der Waals surface area contributed by atoms with Gasteiger partial charge in [0.25, 0.3) is 0 Å². The Bertz CT molecular complexity index is 656. The number of aliphatic hydroxyl groups is 1. The number of aromatic nitrogens is 1. The molecule has 108 valence electrons. The maximum atomic E-state index is 11.2. The van der Waals surface area contributed by atoms with Crippen LogP contribution in [0.1, 0.15) is 40.5 Å². The highest BCUT2D eigenvalue weighted by molar-refractivity contribution is 5.97. The number of aryl methyl sites for hydroxylation is 3. The molecule has 4 heteroatoms. The minimum atomic E-state index is -0.891. The number of nitrogens with zero attached hydrogens (tertiary/aromatic N) is 1. The van der Waals surface area contributed by atoms with Crippen molar-refractivity contribution in [3.05, 3.63) is 34.5 Å². The van der Waals surface area contributed by atoms with Gasteiger partial charge in [-0.15, -0.1) is 0 Å². The average molecular weight is 275 g/mol. The van der Waals surface area contributed by atoms with E-state index in [0.29, 0.717) is 12.0 Å². The zero-order chi connectivity index (χ0) is 14.9. The van der Waals surface area contributed by atoms with Crippen LogP contribution in [-0.4, -0.2) is 27.4 Å². The van der Waals surface area contributed by atoms with E-state index in [0.717, 1.165) is 29.4 Å². The standard InChI is InChI=1S/C16H21NO3/c1-4-13-11(3)17(6-5-7-18)15-10(2)8-12(16(19)20)9-14(13)15/h8-9,18H,4-7H2,1-3H3,(H,19,20). The first-order valence-electron chi connectivity index (χ1n) is 6.97. The van der Waals surface area contributed by atoms with Crippen molar-refractivity contribution < 1.29 is 15.0 Å². The van der Waals surface area contributed by atoms with Gasteiger partial charge in [-0.05, 0) is 49.9 Å². The lowest BCUT2D eigenvalue weighted by Gasteiger charge is -2.09. The van der Waals surface area contributed by atoms with Gasteiger partial charge in [-0.25, -0.2) is 4.79 Å². The number of rotatable bonds is 5. The number of carbonyl (C=O) groups is 1. The Morgan fingerprint density at radius 1 is 1.30 bits per heavy atom. The molecule has 0 saturated carbocycles. The van der Waals surface area contributed by atoms with E-state index >= 15 is 0 Å². The summed E-state index contributed by atoms with van der Waals surface area (Å²) >= 11 is 0. The van der Waals surface area contributed by atoms with Gasteiger partial charge in [-0.3, -0.25) is 0 Å². The predicted octanol–water partition coefficient (Wildman–Crippen LogP) is 2.90. The van der Waals surface area contributed by atoms with Crippen LogP contribution in [0.15, 0.2) is 12.1 Å². The third kappa shape index (κ3) is 2.31. The lowest BCUT2D eigenvalue weighted by Crippen LogP contribution is -2.04. The van der Waals surface area contributed by atoms with Crippen molar-refractivity contribution in [2.45, 2.75) is 40.2 Å². The molecule has 0 unspecified atom stereocenters. The lowest BCUT2D eigenvalue weighted by molar-refractivity contribution is 0.0697. The van der Waals surface area contributed by atoms with E-state index in [9.17, 15) is 9.90 Å². The van der Waals surface area contributed by atoms with Crippen molar-refractivity contribution in [2.24, 2.45) is 0 Å². The fraction of sp³-hybridized carbons (Fsp3) is 0.438. The van der Waals surface area contributed by atoms with Crippen LogP contribution in [0.5, 0.6) is 0 Å². The summed E-state index contributed by atoms with van der Waals surface area (Å²) in [6, 6.07) is 3.49. The van der Waals surface area contributed by atoms with Crippen LogP contribution < -0.4 is 0 Å². The average Bonchev–Trinajstić information content (AvgIpc) is 2.68. The van der Waals surface area contributed by atoms with Gasteiger partial charge in [0, 0.05) is 24.2 Å². The molecular weight excluding hydrogens is 254 g/mol. The zero-order valence-electron chi connectivity index (χ0n) is 12.2. The molecule has 4 nitrogen and oxygen atoms in total. The molecule has 0 aliphatic rings. The van der Waals surface area contributed by atoms with Crippen molar-refractivity contribution in [1.82, 2.24) is 4.57 Å². The van der Waals surface area contributed by atoms with Crippen LogP contribution >= 0.6 is 0 Å². The van der Waals surface area contributed by atoms with Crippen LogP contribution in [0.2, 0.25) is 0 Å². The largest absolute Gasteiger partial charge is 0.478 e. The zero-order valence-corrected chi connectivity index (χ0v) is 12.2. The van der Waals surface area contributed by atoms with E-state index in [1.165, 1.54) is 11.3 Å². The normalized spacial score (nSPS) is 11.2. The van der Waals surface area contributed by atoms with Crippen LogP contribution in [-0.2, 0) is 13.0 Å². The summed E-state index contributed by atoms with van der Waals surface area (Å²) in [7, 11) is 0. The molecule has 20 heavy (non-hydrogen) atoms. The molecule has 0 aliphatic carbocycles.